The molecular weight excluding hydrogens is 320 g/mol. The van der Waals surface area contributed by atoms with Crippen LogP contribution in [0.2, 0.25) is 0 Å². The average Bonchev–Trinajstić information content (AvgIpc) is 2.70. The first-order valence-electron chi connectivity index (χ1n) is 5.18. The molecule has 2 atom stereocenters. The molecule has 0 saturated carbocycles. The zero-order valence-electron chi connectivity index (χ0n) is 8.67. The van der Waals surface area contributed by atoms with Crippen molar-refractivity contribution < 1.29 is 4.74 Å². The van der Waals surface area contributed by atoms with E-state index in [0.29, 0.717) is 6.10 Å². The third kappa shape index (κ3) is 2.63. The molecular formula is C12H14Br2O. The summed E-state index contributed by atoms with van der Waals surface area (Å²) in [7, 11) is 0. The molecule has 1 aromatic rings. The molecule has 82 valence electrons. The number of ether oxygens (including phenoxy) is 1. The van der Waals surface area contributed by atoms with Crippen LogP contribution in [-0.2, 0) is 4.74 Å². The lowest BCUT2D eigenvalue weighted by Crippen LogP contribution is -2.07. The van der Waals surface area contributed by atoms with Crippen molar-refractivity contribution in [1.82, 2.24) is 0 Å². The fourth-order valence-corrected chi connectivity index (χ4v) is 2.75. The number of alkyl halides is 1. The monoisotopic (exact) mass is 332 g/mol. The van der Waals surface area contributed by atoms with Crippen LogP contribution in [0.4, 0.5) is 0 Å². The largest absolute Gasteiger partial charge is 0.369 e. The highest BCUT2D eigenvalue weighted by atomic mass is 79.9. The van der Waals surface area contributed by atoms with Crippen LogP contribution in [0.25, 0.3) is 0 Å². The van der Waals surface area contributed by atoms with E-state index in [1.807, 2.05) is 0 Å². The number of hydrogen-bond donors (Lipinski definition) is 0. The van der Waals surface area contributed by atoms with Gasteiger partial charge in [-0.05, 0) is 37.0 Å². The summed E-state index contributed by atoms with van der Waals surface area (Å²) in [4.78, 5) is 0. The second-order valence-electron chi connectivity index (χ2n) is 3.99. The highest BCUT2D eigenvalue weighted by Crippen LogP contribution is 2.34. The van der Waals surface area contributed by atoms with E-state index in [4.69, 9.17) is 4.74 Å². The van der Waals surface area contributed by atoms with Crippen molar-refractivity contribution in [3.05, 3.63) is 33.8 Å². The summed E-state index contributed by atoms with van der Waals surface area (Å²) in [6.07, 6.45) is 2.95. The van der Waals surface area contributed by atoms with E-state index in [2.05, 4.69) is 57.0 Å². The van der Waals surface area contributed by atoms with Gasteiger partial charge in [-0.1, -0.05) is 44.0 Å². The van der Waals surface area contributed by atoms with Crippen LogP contribution in [0.5, 0.6) is 0 Å². The molecule has 0 N–H and O–H groups in total. The molecule has 0 aliphatic carbocycles. The average molecular weight is 334 g/mol. The molecule has 1 aliphatic heterocycles. The zero-order valence-corrected chi connectivity index (χ0v) is 11.8. The van der Waals surface area contributed by atoms with Crippen LogP contribution in [0.3, 0.4) is 0 Å². The Balaban J connectivity index is 2.13. The Kier molecular flexibility index (Phi) is 3.86. The smallest absolute Gasteiger partial charge is 0.0830 e. The molecule has 0 amide bonds. The second kappa shape index (κ2) is 4.98. The van der Waals surface area contributed by atoms with Crippen molar-refractivity contribution >= 4 is 31.9 Å². The molecule has 0 aromatic heterocycles. The van der Waals surface area contributed by atoms with E-state index in [1.54, 1.807) is 0 Å². The first kappa shape index (κ1) is 11.6. The van der Waals surface area contributed by atoms with Gasteiger partial charge in [0.25, 0.3) is 0 Å². The van der Waals surface area contributed by atoms with E-state index in [0.717, 1.165) is 18.2 Å². The van der Waals surface area contributed by atoms with Gasteiger partial charge in [-0.15, -0.1) is 0 Å². The standard InChI is InChI=1S/C12H14Br2O/c1-8-2-3-9(6-11(8)14)12-5-4-10(7-13)15-12/h2-3,6,10,12H,4-5,7H2,1H3. The number of halogens is 2. The first-order chi connectivity index (χ1) is 7.20. The van der Waals surface area contributed by atoms with Crippen molar-refractivity contribution in [3.63, 3.8) is 0 Å². The molecule has 0 bridgehead atoms. The Morgan fingerprint density at radius 2 is 2.20 bits per heavy atom. The number of rotatable bonds is 2. The first-order valence-corrected chi connectivity index (χ1v) is 7.09. The Labute approximate surface area is 107 Å². The maximum Gasteiger partial charge on any atom is 0.0830 e. The molecule has 3 heteroatoms. The van der Waals surface area contributed by atoms with Crippen LogP contribution in [0.1, 0.15) is 30.1 Å². The lowest BCUT2D eigenvalue weighted by atomic mass is 10.0. The van der Waals surface area contributed by atoms with Crippen LogP contribution >= 0.6 is 31.9 Å². The molecule has 1 nitrogen and oxygen atoms in total. The van der Waals surface area contributed by atoms with Gasteiger partial charge in [-0.2, -0.15) is 0 Å². The summed E-state index contributed by atoms with van der Waals surface area (Å²) in [5.41, 5.74) is 2.56. The van der Waals surface area contributed by atoms with Crippen LogP contribution in [0, 0.1) is 6.92 Å². The molecule has 2 rings (SSSR count). The SMILES string of the molecule is Cc1ccc(C2CCC(CBr)O2)cc1Br. The summed E-state index contributed by atoms with van der Waals surface area (Å²) in [6.45, 7) is 2.10. The highest BCUT2D eigenvalue weighted by molar-refractivity contribution is 9.10. The minimum atomic E-state index is 0.282. The van der Waals surface area contributed by atoms with E-state index >= 15 is 0 Å². The molecule has 1 aromatic carbocycles. The molecule has 0 spiro atoms. The van der Waals surface area contributed by atoms with Gasteiger partial charge < -0.3 is 4.74 Å². The third-order valence-corrected chi connectivity index (χ3v) is 4.42. The van der Waals surface area contributed by atoms with E-state index < -0.39 is 0 Å². The molecule has 1 saturated heterocycles. The Morgan fingerprint density at radius 3 is 2.80 bits per heavy atom. The maximum absolute atomic E-state index is 5.92. The summed E-state index contributed by atoms with van der Waals surface area (Å²) < 4.78 is 7.10. The second-order valence-corrected chi connectivity index (χ2v) is 5.49. The molecule has 2 unspecified atom stereocenters. The van der Waals surface area contributed by atoms with Gasteiger partial charge >= 0.3 is 0 Å². The number of hydrogen-bond acceptors (Lipinski definition) is 1. The fourth-order valence-electron chi connectivity index (χ4n) is 1.87. The minimum Gasteiger partial charge on any atom is -0.369 e. The number of aryl methyl sites for hydroxylation is 1. The van der Waals surface area contributed by atoms with Gasteiger partial charge in [0.1, 0.15) is 0 Å². The predicted molar refractivity (Wildman–Crippen MR) is 69.5 cm³/mol. The maximum atomic E-state index is 5.92. The number of benzene rings is 1. The van der Waals surface area contributed by atoms with E-state index in [1.165, 1.54) is 15.6 Å². The van der Waals surface area contributed by atoms with Crippen LogP contribution in [0.15, 0.2) is 22.7 Å². The molecule has 1 fully saturated rings. The van der Waals surface area contributed by atoms with Crippen LogP contribution < -0.4 is 0 Å². The normalized spacial score (nSPS) is 25.8. The van der Waals surface area contributed by atoms with E-state index in [9.17, 15) is 0 Å². The van der Waals surface area contributed by atoms with Crippen molar-refractivity contribution in [2.24, 2.45) is 0 Å². The summed E-state index contributed by atoms with van der Waals surface area (Å²) >= 11 is 7.03. The zero-order chi connectivity index (χ0) is 10.8. The van der Waals surface area contributed by atoms with Crippen molar-refractivity contribution in [2.75, 3.05) is 5.33 Å². The molecule has 1 aliphatic rings. The Bertz CT molecular complexity index is 351. The highest BCUT2D eigenvalue weighted by Gasteiger charge is 2.25. The summed E-state index contributed by atoms with van der Waals surface area (Å²) in [6, 6.07) is 6.49. The van der Waals surface area contributed by atoms with Crippen molar-refractivity contribution in [2.45, 2.75) is 32.0 Å². The van der Waals surface area contributed by atoms with Gasteiger partial charge in [0.15, 0.2) is 0 Å². The third-order valence-electron chi connectivity index (χ3n) is 2.85. The van der Waals surface area contributed by atoms with Crippen LogP contribution in [-0.4, -0.2) is 11.4 Å². The van der Waals surface area contributed by atoms with Gasteiger partial charge in [0.2, 0.25) is 0 Å². The Morgan fingerprint density at radius 1 is 1.40 bits per heavy atom. The molecule has 0 radical (unpaired) electrons. The van der Waals surface area contributed by atoms with E-state index in [-0.39, 0.29) is 6.10 Å². The lowest BCUT2D eigenvalue weighted by Gasteiger charge is -2.13. The fraction of sp³-hybridized carbons (Fsp3) is 0.500. The van der Waals surface area contributed by atoms with Gasteiger partial charge in [0.05, 0.1) is 12.2 Å². The summed E-state index contributed by atoms with van der Waals surface area (Å²) in [5, 5.41) is 0.941. The summed E-state index contributed by atoms with van der Waals surface area (Å²) in [5.74, 6) is 0. The molecule has 15 heavy (non-hydrogen) atoms. The Hall–Kier alpha value is 0.140. The van der Waals surface area contributed by atoms with Gasteiger partial charge in [-0.3, -0.25) is 0 Å². The van der Waals surface area contributed by atoms with Crippen molar-refractivity contribution in [1.29, 1.82) is 0 Å². The van der Waals surface area contributed by atoms with Gasteiger partial charge in [0, 0.05) is 9.80 Å². The molecule has 1 heterocycles. The predicted octanol–water partition coefficient (Wildman–Crippen LogP) is 4.37. The quantitative estimate of drug-likeness (QED) is 0.730. The minimum absolute atomic E-state index is 0.282. The van der Waals surface area contributed by atoms with Crippen molar-refractivity contribution in [3.8, 4) is 0 Å². The van der Waals surface area contributed by atoms with Gasteiger partial charge in [-0.25, -0.2) is 0 Å². The topological polar surface area (TPSA) is 9.23 Å². The lowest BCUT2D eigenvalue weighted by molar-refractivity contribution is 0.0588.